The first-order valence-electron chi connectivity index (χ1n) is 18.8. The largest absolute Gasteiger partial charge is 0.310 e. The van der Waals surface area contributed by atoms with E-state index in [9.17, 15) is 0 Å². The minimum atomic E-state index is -0.0945. The number of fused-ring (bicyclic) bond motifs is 8. The Bertz CT molecular complexity index is 2710. The Hall–Kier alpha value is -6.18. The molecule has 0 atom stereocenters. The van der Waals surface area contributed by atoms with Gasteiger partial charge in [-0.15, -0.1) is 0 Å². The fourth-order valence-corrected chi connectivity index (χ4v) is 9.33. The molecule has 8 aromatic carbocycles. The molecule has 1 nitrogen and oxygen atoms in total. The monoisotopic (exact) mass is 679 g/mol. The lowest BCUT2D eigenvalue weighted by atomic mass is 9.82. The summed E-state index contributed by atoms with van der Waals surface area (Å²) in [6.45, 7) is 9.44. The Morgan fingerprint density at radius 3 is 1.57 bits per heavy atom. The lowest BCUT2D eigenvalue weighted by Gasteiger charge is -2.29. The van der Waals surface area contributed by atoms with E-state index in [2.05, 4.69) is 209 Å². The molecule has 0 fully saturated rings. The van der Waals surface area contributed by atoms with Crippen LogP contribution in [0.15, 0.2) is 176 Å². The van der Waals surface area contributed by atoms with Crippen molar-refractivity contribution in [3.05, 3.63) is 198 Å². The van der Waals surface area contributed by atoms with Crippen LogP contribution in [0.25, 0.3) is 55.3 Å². The molecule has 10 rings (SSSR count). The third-order valence-corrected chi connectivity index (χ3v) is 12.1. The molecule has 2 aliphatic rings. The van der Waals surface area contributed by atoms with Crippen molar-refractivity contribution in [2.75, 3.05) is 4.90 Å². The first-order chi connectivity index (χ1) is 25.8. The Morgan fingerprint density at radius 1 is 0.340 bits per heavy atom. The minimum Gasteiger partial charge on any atom is -0.310 e. The molecule has 2 aliphatic carbocycles. The number of benzene rings is 8. The average Bonchev–Trinajstić information content (AvgIpc) is 3.58. The second-order valence-corrected chi connectivity index (χ2v) is 15.8. The second kappa shape index (κ2) is 11.7. The Kier molecular flexibility index (Phi) is 6.94. The van der Waals surface area contributed by atoms with Gasteiger partial charge in [0.1, 0.15) is 0 Å². The molecule has 0 N–H and O–H groups in total. The maximum Gasteiger partial charge on any atom is 0.0468 e. The van der Waals surface area contributed by atoms with Gasteiger partial charge in [-0.05, 0) is 114 Å². The lowest BCUT2D eigenvalue weighted by Crippen LogP contribution is -2.16. The molecule has 0 aliphatic heterocycles. The number of rotatable bonds is 5. The van der Waals surface area contributed by atoms with Crippen LogP contribution in [0.1, 0.15) is 49.9 Å². The van der Waals surface area contributed by atoms with Crippen LogP contribution in [0.3, 0.4) is 0 Å². The average molecular weight is 680 g/mol. The minimum absolute atomic E-state index is 0.0273. The third kappa shape index (κ3) is 4.77. The number of hydrogen-bond donors (Lipinski definition) is 0. The van der Waals surface area contributed by atoms with Gasteiger partial charge in [0.2, 0.25) is 0 Å². The molecule has 0 saturated heterocycles. The smallest absolute Gasteiger partial charge is 0.0468 e. The maximum absolute atomic E-state index is 2.44. The van der Waals surface area contributed by atoms with Crippen molar-refractivity contribution in [1.82, 2.24) is 0 Å². The Labute approximate surface area is 312 Å². The number of hydrogen-bond acceptors (Lipinski definition) is 1. The topological polar surface area (TPSA) is 3.24 Å². The van der Waals surface area contributed by atoms with Gasteiger partial charge in [-0.1, -0.05) is 167 Å². The molecule has 0 radical (unpaired) electrons. The molecule has 0 aromatic heterocycles. The number of anilines is 3. The molecule has 0 unspecified atom stereocenters. The van der Waals surface area contributed by atoms with Crippen LogP contribution in [0.2, 0.25) is 0 Å². The predicted molar refractivity (Wildman–Crippen MR) is 225 cm³/mol. The van der Waals surface area contributed by atoms with E-state index in [1.165, 1.54) is 77.5 Å². The summed E-state index contributed by atoms with van der Waals surface area (Å²) < 4.78 is 0. The first kappa shape index (κ1) is 31.5. The SMILES string of the molecule is CC1(C)c2ccccc2-c2ccc(N(c3ccc(-c4ccccc4-c4ccccc4)cc3)c3ccc4c5c(ccc4c3)C(C)(C)c3ccccc3-5)cc21. The Balaban J connectivity index is 1.13. The van der Waals surface area contributed by atoms with E-state index < -0.39 is 0 Å². The van der Waals surface area contributed by atoms with Gasteiger partial charge in [-0.3, -0.25) is 0 Å². The Morgan fingerprint density at radius 2 is 0.849 bits per heavy atom. The van der Waals surface area contributed by atoms with Gasteiger partial charge in [0.25, 0.3) is 0 Å². The third-order valence-electron chi connectivity index (χ3n) is 12.1. The zero-order chi connectivity index (χ0) is 35.9. The summed E-state index contributed by atoms with van der Waals surface area (Å²) in [5.41, 5.74) is 19.2. The van der Waals surface area contributed by atoms with E-state index in [1.54, 1.807) is 0 Å². The molecular formula is C52H41N. The maximum atomic E-state index is 2.44. The number of nitrogens with zero attached hydrogens (tertiary/aromatic N) is 1. The van der Waals surface area contributed by atoms with Crippen LogP contribution >= 0.6 is 0 Å². The van der Waals surface area contributed by atoms with Gasteiger partial charge < -0.3 is 4.90 Å². The van der Waals surface area contributed by atoms with Crippen LogP contribution in [0, 0.1) is 0 Å². The molecule has 0 saturated carbocycles. The fourth-order valence-electron chi connectivity index (χ4n) is 9.33. The van der Waals surface area contributed by atoms with Crippen LogP contribution in [0.4, 0.5) is 17.1 Å². The van der Waals surface area contributed by atoms with Crippen molar-refractivity contribution in [2.24, 2.45) is 0 Å². The van der Waals surface area contributed by atoms with Gasteiger partial charge in [0.05, 0.1) is 0 Å². The van der Waals surface area contributed by atoms with E-state index in [0.29, 0.717) is 0 Å². The standard InChI is InChI=1S/C52H41N/c1-51(2)47-21-13-11-19-45(47)50-42-29-27-38(32-36(42)24-31-48(50)51)53(39-28-30-44-43-18-10-12-20-46(43)52(3,4)49(44)33-39)37-25-22-35(23-26-37)41-17-9-8-16-40(41)34-14-6-5-7-15-34/h5-33H,1-4H3. The quantitative estimate of drug-likeness (QED) is 0.175. The van der Waals surface area contributed by atoms with Crippen LogP contribution < -0.4 is 4.90 Å². The summed E-state index contributed by atoms with van der Waals surface area (Å²) in [6.07, 6.45) is 0. The van der Waals surface area contributed by atoms with E-state index >= 15 is 0 Å². The van der Waals surface area contributed by atoms with Gasteiger partial charge in [0.15, 0.2) is 0 Å². The summed E-state index contributed by atoms with van der Waals surface area (Å²) in [5, 5.41) is 2.56. The molecule has 0 bridgehead atoms. The summed E-state index contributed by atoms with van der Waals surface area (Å²) in [6, 6.07) is 65.2. The van der Waals surface area contributed by atoms with Crippen molar-refractivity contribution in [1.29, 1.82) is 0 Å². The van der Waals surface area contributed by atoms with Crippen LogP contribution in [-0.2, 0) is 10.8 Å². The van der Waals surface area contributed by atoms with Crippen molar-refractivity contribution in [2.45, 2.75) is 38.5 Å². The van der Waals surface area contributed by atoms with Gasteiger partial charge >= 0.3 is 0 Å². The summed E-state index contributed by atoms with van der Waals surface area (Å²) in [7, 11) is 0. The molecule has 0 amide bonds. The van der Waals surface area contributed by atoms with E-state index in [1.807, 2.05) is 0 Å². The van der Waals surface area contributed by atoms with Crippen LogP contribution in [-0.4, -0.2) is 0 Å². The summed E-state index contributed by atoms with van der Waals surface area (Å²) in [4.78, 5) is 2.44. The van der Waals surface area contributed by atoms with E-state index in [-0.39, 0.29) is 10.8 Å². The zero-order valence-corrected chi connectivity index (χ0v) is 30.7. The zero-order valence-electron chi connectivity index (χ0n) is 30.7. The fraction of sp³-hybridized carbons (Fsp3) is 0.115. The first-order valence-corrected chi connectivity index (χ1v) is 18.8. The molecule has 8 aromatic rings. The van der Waals surface area contributed by atoms with Crippen molar-refractivity contribution >= 4 is 27.8 Å². The summed E-state index contributed by atoms with van der Waals surface area (Å²) >= 11 is 0. The van der Waals surface area contributed by atoms with E-state index in [0.717, 1.165) is 17.1 Å². The summed E-state index contributed by atoms with van der Waals surface area (Å²) in [5.74, 6) is 0. The van der Waals surface area contributed by atoms with E-state index in [4.69, 9.17) is 0 Å². The molecule has 254 valence electrons. The molecule has 53 heavy (non-hydrogen) atoms. The lowest BCUT2D eigenvalue weighted by molar-refractivity contribution is 0.660. The highest BCUT2D eigenvalue weighted by Crippen LogP contribution is 2.53. The second-order valence-electron chi connectivity index (χ2n) is 15.8. The highest BCUT2D eigenvalue weighted by Gasteiger charge is 2.37. The molecule has 0 heterocycles. The van der Waals surface area contributed by atoms with Gasteiger partial charge in [0, 0.05) is 27.9 Å². The predicted octanol–water partition coefficient (Wildman–Crippen LogP) is 14.3. The van der Waals surface area contributed by atoms with Crippen molar-refractivity contribution < 1.29 is 0 Å². The molecular weight excluding hydrogens is 639 g/mol. The molecule has 1 heteroatoms. The van der Waals surface area contributed by atoms with Gasteiger partial charge in [-0.2, -0.15) is 0 Å². The highest BCUT2D eigenvalue weighted by atomic mass is 15.1. The highest BCUT2D eigenvalue weighted by molar-refractivity contribution is 6.04. The van der Waals surface area contributed by atoms with Crippen LogP contribution in [0.5, 0.6) is 0 Å². The normalized spacial score (nSPS) is 14.3. The molecule has 0 spiro atoms. The van der Waals surface area contributed by atoms with Crippen molar-refractivity contribution in [3.8, 4) is 44.5 Å². The van der Waals surface area contributed by atoms with Crippen molar-refractivity contribution in [3.63, 3.8) is 0 Å². The van der Waals surface area contributed by atoms with Gasteiger partial charge in [-0.25, -0.2) is 0 Å².